The fraction of sp³-hybridized carbons (Fsp3) is 0.0625. The van der Waals surface area contributed by atoms with Gasteiger partial charge in [-0.25, -0.2) is 4.39 Å². The van der Waals surface area contributed by atoms with E-state index in [9.17, 15) is 4.39 Å². The van der Waals surface area contributed by atoms with Crippen LogP contribution in [0.25, 0.3) is 15.5 Å². The number of hydrogen-bond donors (Lipinski definition) is 0. The smallest absolute Gasteiger partial charge is 0.235 e. The summed E-state index contributed by atoms with van der Waals surface area (Å²) in [5, 5.41) is 13.5. The molecule has 0 spiro atoms. The number of ether oxygens (including phenoxy) is 1. The summed E-state index contributed by atoms with van der Waals surface area (Å²) in [7, 11) is 0. The Bertz CT molecular complexity index is 1000. The number of hydrogen-bond acceptors (Lipinski definition) is 5. The zero-order valence-corrected chi connectivity index (χ0v) is 14.6. The third kappa shape index (κ3) is 2.90. The summed E-state index contributed by atoms with van der Waals surface area (Å²) >= 11 is 4.58. The first-order valence-electron chi connectivity index (χ1n) is 7.05. The van der Waals surface area contributed by atoms with Crippen molar-refractivity contribution in [1.82, 2.24) is 19.8 Å². The summed E-state index contributed by atoms with van der Waals surface area (Å²) in [6.45, 7) is 0.265. The van der Waals surface area contributed by atoms with Crippen LogP contribution in [0.3, 0.4) is 0 Å². The highest BCUT2D eigenvalue weighted by molar-refractivity contribution is 9.10. The fourth-order valence-corrected chi connectivity index (χ4v) is 3.39. The Hall–Kier alpha value is -2.32. The molecule has 0 aliphatic carbocycles. The number of fused-ring (bicyclic) bond motifs is 1. The first-order valence-corrected chi connectivity index (χ1v) is 8.66. The van der Waals surface area contributed by atoms with Crippen LogP contribution < -0.4 is 4.74 Å². The maximum absolute atomic E-state index is 13.4. The second kappa shape index (κ2) is 6.29. The normalized spacial score (nSPS) is 11.1. The quantitative estimate of drug-likeness (QED) is 0.507. The van der Waals surface area contributed by atoms with Crippen LogP contribution >= 0.6 is 27.3 Å². The molecule has 0 unspecified atom stereocenters. The lowest BCUT2D eigenvalue weighted by molar-refractivity contribution is 0.293. The molecule has 2 heterocycles. The van der Waals surface area contributed by atoms with Gasteiger partial charge in [0, 0.05) is 5.56 Å². The average Bonchev–Trinajstić information content (AvgIpc) is 3.17. The van der Waals surface area contributed by atoms with Crippen molar-refractivity contribution in [3.05, 3.63) is 64.6 Å². The zero-order chi connectivity index (χ0) is 16.5. The number of aromatic nitrogens is 4. The van der Waals surface area contributed by atoms with Gasteiger partial charge in [-0.1, -0.05) is 29.5 Å². The van der Waals surface area contributed by atoms with Gasteiger partial charge in [0.25, 0.3) is 0 Å². The summed E-state index contributed by atoms with van der Waals surface area (Å²) in [5.74, 6) is 1.06. The Balaban J connectivity index is 1.62. The minimum absolute atomic E-state index is 0.265. The van der Waals surface area contributed by atoms with Crippen LogP contribution in [0.2, 0.25) is 0 Å². The highest BCUT2D eigenvalue weighted by atomic mass is 79.9. The molecule has 0 atom stereocenters. The molecule has 0 N–H and O–H groups in total. The number of rotatable bonds is 4. The molecule has 2 aromatic heterocycles. The Morgan fingerprint density at radius 1 is 1.12 bits per heavy atom. The van der Waals surface area contributed by atoms with E-state index in [1.807, 2.05) is 30.3 Å². The SMILES string of the molecule is Fc1ccc(-c2nn3c(COc4ccccc4)nnc3s2)cc1Br. The van der Waals surface area contributed by atoms with E-state index in [4.69, 9.17) is 4.74 Å². The Labute approximate surface area is 148 Å². The topological polar surface area (TPSA) is 52.3 Å². The largest absolute Gasteiger partial charge is 0.486 e. The molecule has 0 saturated heterocycles. The van der Waals surface area contributed by atoms with Crippen LogP contribution in [0.5, 0.6) is 5.75 Å². The number of benzene rings is 2. The van der Waals surface area contributed by atoms with Crippen LogP contribution in [0.4, 0.5) is 4.39 Å². The van der Waals surface area contributed by atoms with Crippen molar-refractivity contribution < 1.29 is 9.13 Å². The van der Waals surface area contributed by atoms with Crippen molar-refractivity contribution in [1.29, 1.82) is 0 Å². The maximum Gasteiger partial charge on any atom is 0.235 e. The van der Waals surface area contributed by atoms with Crippen molar-refractivity contribution in [2.24, 2.45) is 0 Å². The van der Waals surface area contributed by atoms with Crippen molar-refractivity contribution >= 4 is 32.2 Å². The molecule has 4 aromatic rings. The lowest BCUT2D eigenvalue weighted by atomic mass is 10.2. The Morgan fingerprint density at radius 3 is 2.75 bits per heavy atom. The van der Waals surface area contributed by atoms with Crippen molar-refractivity contribution in [2.45, 2.75) is 6.61 Å². The first-order chi connectivity index (χ1) is 11.7. The van der Waals surface area contributed by atoms with Crippen molar-refractivity contribution in [3.63, 3.8) is 0 Å². The van der Waals surface area contributed by atoms with E-state index in [-0.39, 0.29) is 12.4 Å². The molecule has 4 rings (SSSR count). The van der Waals surface area contributed by atoms with Gasteiger partial charge >= 0.3 is 0 Å². The molecule has 24 heavy (non-hydrogen) atoms. The lowest BCUT2D eigenvalue weighted by Gasteiger charge is -2.03. The van der Waals surface area contributed by atoms with Gasteiger partial charge in [-0.05, 0) is 46.3 Å². The first kappa shape index (κ1) is 15.2. The van der Waals surface area contributed by atoms with Crippen LogP contribution in [0, 0.1) is 5.82 Å². The standard InChI is InChI=1S/C16H10BrFN4OS/c17-12-8-10(6-7-13(12)18)15-21-22-14(19-20-16(22)24-15)9-23-11-4-2-1-3-5-11/h1-8H,9H2. The fourth-order valence-electron chi connectivity index (χ4n) is 2.16. The number of para-hydroxylation sites is 1. The minimum atomic E-state index is -0.307. The lowest BCUT2D eigenvalue weighted by Crippen LogP contribution is -2.02. The summed E-state index contributed by atoms with van der Waals surface area (Å²) in [6.07, 6.45) is 0. The van der Waals surface area contributed by atoms with Gasteiger partial charge in [0.15, 0.2) is 5.82 Å². The van der Waals surface area contributed by atoms with Gasteiger partial charge in [0.2, 0.25) is 4.96 Å². The van der Waals surface area contributed by atoms with E-state index in [1.165, 1.54) is 17.4 Å². The molecule has 0 bridgehead atoms. The summed E-state index contributed by atoms with van der Waals surface area (Å²) < 4.78 is 21.1. The molecule has 2 aromatic carbocycles. The van der Waals surface area contributed by atoms with Gasteiger partial charge in [0.1, 0.15) is 23.2 Å². The molecule has 8 heteroatoms. The van der Waals surface area contributed by atoms with Gasteiger partial charge in [-0.3, -0.25) is 0 Å². The van der Waals surface area contributed by atoms with E-state index in [0.717, 1.165) is 16.3 Å². The van der Waals surface area contributed by atoms with Gasteiger partial charge in [-0.2, -0.15) is 9.61 Å². The van der Waals surface area contributed by atoms with Crippen LogP contribution in [0.15, 0.2) is 53.0 Å². The second-order valence-electron chi connectivity index (χ2n) is 4.95. The van der Waals surface area contributed by atoms with Gasteiger partial charge < -0.3 is 4.74 Å². The molecule has 120 valence electrons. The molecular formula is C16H10BrFN4OS. The van der Waals surface area contributed by atoms with Crippen LogP contribution in [0.1, 0.15) is 5.82 Å². The molecule has 0 amide bonds. The molecule has 0 aliphatic heterocycles. The molecule has 5 nitrogen and oxygen atoms in total. The average molecular weight is 405 g/mol. The summed E-state index contributed by atoms with van der Waals surface area (Å²) in [5.41, 5.74) is 0.814. The molecule has 0 radical (unpaired) electrons. The number of nitrogens with zero attached hydrogens (tertiary/aromatic N) is 4. The zero-order valence-electron chi connectivity index (χ0n) is 12.2. The van der Waals surface area contributed by atoms with Crippen molar-refractivity contribution in [2.75, 3.05) is 0 Å². The minimum Gasteiger partial charge on any atom is -0.486 e. The predicted molar refractivity (Wildman–Crippen MR) is 92.5 cm³/mol. The molecular weight excluding hydrogens is 395 g/mol. The van der Waals surface area contributed by atoms with Gasteiger partial charge in [0.05, 0.1) is 4.47 Å². The second-order valence-corrected chi connectivity index (χ2v) is 6.76. The third-order valence-corrected chi connectivity index (χ3v) is 4.89. The Morgan fingerprint density at radius 2 is 1.96 bits per heavy atom. The van der Waals surface area contributed by atoms with Gasteiger partial charge in [-0.15, -0.1) is 10.2 Å². The Kier molecular flexibility index (Phi) is 3.99. The third-order valence-electron chi connectivity index (χ3n) is 3.33. The van der Waals surface area contributed by atoms with E-state index >= 15 is 0 Å². The maximum atomic E-state index is 13.4. The molecule has 0 fully saturated rings. The monoisotopic (exact) mass is 404 g/mol. The highest BCUT2D eigenvalue weighted by Crippen LogP contribution is 2.29. The number of halogens is 2. The van der Waals surface area contributed by atoms with Crippen molar-refractivity contribution in [3.8, 4) is 16.3 Å². The highest BCUT2D eigenvalue weighted by Gasteiger charge is 2.14. The van der Waals surface area contributed by atoms with Crippen LogP contribution in [-0.2, 0) is 6.61 Å². The van der Waals surface area contributed by atoms with E-state index in [0.29, 0.717) is 15.3 Å². The van der Waals surface area contributed by atoms with Crippen LogP contribution in [-0.4, -0.2) is 19.8 Å². The summed E-state index contributed by atoms with van der Waals surface area (Å²) in [4.78, 5) is 0.664. The summed E-state index contributed by atoms with van der Waals surface area (Å²) in [6, 6.07) is 14.3. The van der Waals surface area contributed by atoms with E-state index < -0.39 is 0 Å². The molecule has 0 aliphatic rings. The van der Waals surface area contributed by atoms with E-state index in [2.05, 4.69) is 31.2 Å². The van der Waals surface area contributed by atoms with E-state index in [1.54, 1.807) is 16.6 Å². The molecule has 0 saturated carbocycles. The predicted octanol–water partition coefficient (Wildman–Crippen LogP) is 4.33.